The second-order valence-electron chi connectivity index (χ2n) is 10.5. The maximum atomic E-state index is 14.3. The van der Waals surface area contributed by atoms with Crippen molar-refractivity contribution in [2.24, 2.45) is 0 Å². The van der Waals surface area contributed by atoms with Crippen molar-refractivity contribution in [1.29, 1.82) is 0 Å². The molecule has 0 radical (unpaired) electrons. The van der Waals surface area contributed by atoms with E-state index in [1.807, 2.05) is 6.26 Å². The highest BCUT2D eigenvalue weighted by molar-refractivity contribution is 7.98. The largest absolute Gasteiger partial charge is 0.492 e. The molecular formula is C32H37Cl2N3O5S2. The van der Waals surface area contributed by atoms with Crippen LogP contribution in [0.2, 0.25) is 10.0 Å². The molecule has 0 bridgehead atoms. The molecule has 1 saturated carbocycles. The zero-order chi connectivity index (χ0) is 31.9. The van der Waals surface area contributed by atoms with Crippen molar-refractivity contribution >= 4 is 62.5 Å². The fraction of sp³-hybridized carbons (Fsp3) is 0.375. The summed E-state index contributed by atoms with van der Waals surface area (Å²) in [4.78, 5) is 30.0. The van der Waals surface area contributed by atoms with Gasteiger partial charge in [-0.2, -0.15) is 0 Å². The Morgan fingerprint density at radius 1 is 1.05 bits per heavy atom. The van der Waals surface area contributed by atoms with Gasteiger partial charge in [0.1, 0.15) is 18.3 Å². The van der Waals surface area contributed by atoms with Crippen molar-refractivity contribution in [1.82, 2.24) is 10.2 Å². The molecule has 8 nitrogen and oxygen atoms in total. The summed E-state index contributed by atoms with van der Waals surface area (Å²) in [5.41, 5.74) is 0.783. The molecule has 12 heteroatoms. The number of carbonyl (C=O) groups excluding carboxylic acids is 2. The number of halogens is 2. The number of amides is 2. The highest BCUT2D eigenvalue weighted by Crippen LogP contribution is 2.33. The molecule has 0 aliphatic heterocycles. The summed E-state index contributed by atoms with van der Waals surface area (Å²) in [5.74, 6) is -0.584. The van der Waals surface area contributed by atoms with Crippen LogP contribution in [0.25, 0.3) is 0 Å². The number of anilines is 1. The van der Waals surface area contributed by atoms with Gasteiger partial charge in [-0.15, -0.1) is 11.8 Å². The monoisotopic (exact) mass is 677 g/mol. The lowest BCUT2D eigenvalue weighted by atomic mass is 10.1. The second-order valence-corrected chi connectivity index (χ2v) is 14.1. The van der Waals surface area contributed by atoms with Gasteiger partial charge in [-0.25, -0.2) is 8.42 Å². The van der Waals surface area contributed by atoms with Gasteiger partial charge in [0.15, 0.2) is 0 Å². The van der Waals surface area contributed by atoms with Crippen LogP contribution in [0.15, 0.2) is 76.5 Å². The zero-order valence-electron chi connectivity index (χ0n) is 25.0. The van der Waals surface area contributed by atoms with Gasteiger partial charge in [-0.3, -0.25) is 13.9 Å². The first kappa shape index (κ1) is 34.0. The molecule has 44 heavy (non-hydrogen) atoms. The first-order valence-corrected chi connectivity index (χ1v) is 17.9. The molecule has 3 aromatic rings. The highest BCUT2D eigenvalue weighted by atomic mass is 35.5. The van der Waals surface area contributed by atoms with Gasteiger partial charge < -0.3 is 15.0 Å². The minimum Gasteiger partial charge on any atom is -0.492 e. The molecular weight excluding hydrogens is 641 g/mol. The minimum absolute atomic E-state index is 0.0220. The van der Waals surface area contributed by atoms with E-state index in [1.165, 1.54) is 28.8 Å². The molecule has 1 fully saturated rings. The maximum Gasteiger partial charge on any atom is 0.264 e. The number of rotatable bonds is 13. The fourth-order valence-electron chi connectivity index (χ4n) is 5.14. The van der Waals surface area contributed by atoms with Crippen LogP contribution in [0, 0.1) is 0 Å². The number of carbonyl (C=O) groups is 2. The van der Waals surface area contributed by atoms with E-state index in [-0.39, 0.29) is 29.1 Å². The molecule has 1 atom stereocenters. The number of nitrogens with zero attached hydrogens (tertiary/aromatic N) is 2. The highest BCUT2D eigenvalue weighted by Gasteiger charge is 2.34. The lowest BCUT2D eigenvalue weighted by molar-refractivity contribution is -0.139. The van der Waals surface area contributed by atoms with Gasteiger partial charge in [-0.1, -0.05) is 54.2 Å². The van der Waals surface area contributed by atoms with Crippen LogP contribution in [-0.2, 0) is 26.2 Å². The molecule has 3 aromatic carbocycles. The summed E-state index contributed by atoms with van der Waals surface area (Å²) >= 11 is 14.1. The van der Waals surface area contributed by atoms with Gasteiger partial charge in [0.05, 0.1) is 17.2 Å². The predicted molar refractivity (Wildman–Crippen MR) is 177 cm³/mol. The normalized spacial score (nSPS) is 14.2. The molecule has 0 unspecified atom stereocenters. The van der Waals surface area contributed by atoms with Crippen molar-refractivity contribution in [2.75, 3.05) is 23.7 Å². The molecule has 0 aromatic heterocycles. The molecule has 236 valence electrons. The average molecular weight is 679 g/mol. The fourth-order valence-corrected chi connectivity index (χ4v) is 7.44. The Hall–Kier alpha value is -2.92. The minimum atomic E-state index is -4.25. The number of nitrogens with one attached hydrogen (secondary N) is 1. The molecule has 4 rings (SSSR count). The number of thioether (sulfide) groups is 1. The summed E-state index contributed by atoms with van der Waals surface area (Å²) in [7, 11) is -4.25. The topological polar surface area (TPSA) is 96.0 Å². The molecule has 1 N–H and O–H groups in total. The van der Waals surface area contributed by atoms with Gasteiger partial charge in [0.25, 0.3) is 10.0 Å². The lowest BCUT2D eigenvalue weighted by Crippen LogP contribution is -2.52. The molecule has 0 heterocycles. The van der Waals surface area contributed by atoms with Crippen LogP contribution in [0.5, 0.6) is 5.75 Å². The van der Waals surface area contributed by atoms with E-state index in [9.17, 15) is 18.0 Å². The Morgan fingerprint density at radius 2 is 1.73 bits per heavy atom. The Morgan fingerprint density at radius 3 is 2.36 bits per heavy atom. The number of sulfonamides is 1. The summed E-state index contributed by atoms with van der Waals surface area (Å²) in [6.45, 7) is 3.12. The van der Waals surface area contributed by atoms with Crippen LogP contribution in [0.4, 0.5) is 5.69 Å². The van der Waals surface area contributed by atoms with E-state index >= 15 is 0 Å². The van der Waals surface area contributed by atoms with Gasteiger partial charge in [-0.05, 0) is 87.0 Å². The van der Waals surface area contributed by atoms with Gasteiger partial charge >= 0.3 is 0 Å². The molecule has 2 amide bonds. The Labute approximate surface area is 274 Å². The number of ether oxygens (including phenoxy) is 1. The van der Waals surface area contributed by atoms with E-state index in [1.54, 1.807) is 68.4 Å². The summed E-state index contributed by atoms with van der Waals surface area (Å²) in [5, 5.41) is 3.82. The summed E-state index contributed by atoms with van der Waals surface area (Å²) in [6, 6.07) is 17.2. The smallest absolute Gasteiger partial charge is 0.264 e. The first-order valence-electron chi connectivity index (χ1n) is 14.5. The third-order valence-corrected chi connectivity index (χ3v) is 10.7. The van der Waals surface area contributed by atoms with E-state index in [4.69, 9.17) is 27.9 Å². The SMILES string of the molecule is CCOc1ccccc1N(CC(=O)N(Cc1ccc(Cl)cc1Cl)[C@H](C)C(=O)NC1CCCC1)S(=O)(=O)c1ccc(SC)cc1. The molecule has 1 aliphatic carbocycles. The quantitative estimate of drug-likeness (QED) is 0.200. The summed E-state index contributed by atoms with van der Waals surface area (Å²) in [6.07, 6.45) is 5.73. The van der Waals surface area contributed by atoms with E-state index in [2.05, 4.69) is 5.32 Å². The lowest BCUT2D eigenvalue weighted by Gasteiger charge is -2.33. The number of para-hydroxylation sites is 2. The van der Waals surface area contributed by atoms with Crippen LogP contribution in [-0.4, -0.2) is 56.6 Å². The zero-order valence-corrected chi connectivity index (χ0v) is 28.1. The van der Waals surface area contributed by atoms with Crippen molar-refractivity contribution in [3.8, 4) is 5.75 Å². The Bertz CT molecular complexity index is 1560. The van der Waals surface area contributed by atoms with Crippen LogP contribution in [0.1, 0.15) is 45.1 Å². The van der Waals surface area contributed by atoms with Crippen LogP contribution >= 0.6 is 35.0 Å². The van der Waals surface area contributed by atoms with Crippen molar-refractivity contribution < 1.29 is 22.7 Å². The van der Waals surface area contributed by atoms with Crippen LogP contribution in [0.3, 0.4) is 0 Å². The predicted octanol–water partition coefficient (Wildman–Crippen LogP) is 6.79. The first-order chi connectivity index (χ1) is 21.0. The van der Waals surface area contributed by atoms with Gasteiger partial charge in [0.2, 0.25) is 11.8 Å². The Kier molecular flexibility index (Phi) is 11.9. The summed E-state index contributed by atoms with van der Waals surface area (Å²) < 4.78 is 35.2. The van der Waals surface area contributed by atoms with E-state index < -0.39 is 28.5 Å². The van der Waals surface area contributed by atoms with E-state index in [0.29, 0.717) is 28.0 Å². The van der Waals surface area contributed by atoms with Gasteiger partial charge in [0, 0.05) is 27.5 Å². The number of hydrogen-bond acceptors (Lipinski definition) is 6. The second kappa shape index (κ2) is 15.4. The van der Waals surface area contributed by atoms with E-state index in [0.717, 1.165) is 34.9 Å². The number of benzene rings is 3. The maximum absolute atomic E-state index is 14.3. The standard InChI is InChI=1S/C32H37Cl2N3O5S2/c1-4-42-30-12-8-7-11-29(30)37(44(40,41)27-17-15-26(43-3)16-18-27)21-31(38)36(20-23-13-14-24(33)19-28(23)34)22(2)32(39)35-25-9-5-6-10-25/h7-8,11-19,22,25H,4-6,9-10,20-21H2,1-3H3,(H,35,39)/t22-/m1/s1. The van der Waals surface area contributed by atoms with Crippen LogP contribution < -0.4 is 14.4 Å². The Balaban J connectivity index is 1.74. The third kappa shape index (κ3) is 8.21. The van der Waals surface area contributed by atoms with Crippen molar-refractivity contribution in [3.05, 3.63) is 82.3 Å². The molecule has 0 spiro atoms. The molecule has 1 aliphatic rings. The number of hydrogen-bond donors (Lipinski definition) is 1. The third-order valence-electron chi connectivity index (χ3n) is 7.58. The molecule has 0 saturated heterocycles. The van der Waals surface area contributed by atoms with Crippen molar-refractivity contribution in [3.63, 3.8) is 0 Å². The van der Waals surface area contributed by atoms with Crippen molar-refractivity contribution in [2.45, 2.75) is 68.0 Å². The average Bonchev–Trinajstić information content (AvgIpc) is 3.52.